The van der Waals surface area contributed by atoms with Crippen molar-refractivity contribution < 1.29 is 10.2 Å². The highest BCUT2D eigenvalue weighted by molar-refractivity contribution is 4.56. The molecule has 0 radical (unpaired) electrons. The molecule has 0 unspecified atom stereocenters. The fraction of sp³-hybridized carbons (Fsp3) is 1.00. The molecule has 56 valence electrons. The lowest BCUT2D eigenvalue weighted by atomic mass is 10.3. The lowest BCUT2D eigenvalue weighted by Crippen LogP contribution is -2.33. The quantitative estimate of drug-likeness (QED) is 0.517. The Morgan fingerprint density at radius 3 is 1.89 bits per heavy atom. The van der Waals surface area contributed by atoms with Crippen molar-refractivity contribution in [2.45, 2.75) is 26.2 Å². The van der Waals surface area contributed by atoms with Gasteiger partial charge in [-0.1, -0.05) is 0 Å². The normalized spacial score (nSPS) is 12.0. The predicted molar refractivity (Wildman–Crippen MR) is 36.0 cm³/mol. The molecule has 0 fully saturated rings. The minimum Gasteiger partial charge on any atom is -0.367 e. The van der Waals surface area contributed by atoms with Gasteiger partial charge in [-0.05, 0) is 20.9 Å². The highest BCUT2D eigenvalue weighted by Crippen LogP contribution is 1.92. The molecule has 0 bridgehead atoms. The first-order valence-corrected chi connectivity index (χ1v) is 3.10. The molecule has 0 aromatic heterocycles. The van der Waals surface area contributed by atoms with Crippen molar-refractivity contribution in [3.8, 4) is 0 Å². The Bertz CT molecular complexity index is 73.5. The second-order valence-electron chi connectivity index (χ2n) is 2.51. The highest BCUT2D eigenvalue weighted by Gasteiger charge is 2.05. The molecule has 3 nitrogen and oxygen atoms in total. The highest BCUT2D eigenvalue weighted by atomic mass is 16.5. The van der Waals surface area contributed by atoms with E-state index in [1.54, 1.807) is 0 Å². The zero-order valence-corrected chi connectivity index (χ0v) is 6.20. The van der Waals surface area contributed by atoms with Crippen LogP contribution in [0.15, 0.2) is 0 Å². The van der Waals surface area contributed by atoms with Gasteiger partial charge >= 0.3 is 0 Å². The fourth-order valence-electron chi connectivity index (χ4n) is 0.468. The van der Waals surface area contributed by atoms with Crippen molar-refractivity contribution in [3.05, 3.63) is 0 Å². The molecule has 3 heteroatoms. The number of hydrogen-bond donors (Lipinski definition) is 2. The summed E-state index contributed by atoms with van der Waals surface area (Å²) < 4.78 is 0. The van der Waals surface area contributed by atoms with Crippen molar-refractivity contribution in [1.82, 2.24) is 4.90 Å². The van der Waals surface area contributed by atoms with Crippen LogP contribution in [0.4, 0.5) is 0 Å². The van der Waals surface area contributed by atoms with Crippen LogP contribution in [0.2, 0.25) is 0 Å². The third-order valence-electron chi connectivity index (χ3n) is 1.33. The molecule has 2 N–H and O–H groups in total. The largest absolute Gasteiger partial charge is 0.367 e. The zero-order chi connectivity index (χ0) is 7.44. The van der Waals surface area contributed by atoms with E-state index in [1.165, 1.54) is 0 Å². The predicted octanol–water partition coefficient (Wildman–Crippen LogP) is -0.363. The summed E-state index contributed by atoms with van der Waals surface area (Å²) in [5.41, 5.74) is 0. The first-order chi connectivity index (χ1) is 4.04. The first-order valence-electron chi connectivity index (χ1n) is 3.10. The van der Waals surface area contributed by atoms with E-state index in [9.17, 15) is 0 Å². The summed E-state index contributed by atoms with van der Waals surface area (Å²) in [4.78, 5) is 1.87. The van der Waals surface area contributed by atoms with E-state index in [2.05, 4.69) is 0 Å². The van der Waals surface area contributed by atoms with Crippen LogP contribution in [-0.2, 0) is 0 Å². The van der Waals surface area contributed by atoms with Crippen LogP contribution < -0.4 is 0 Å². The van der Waals surface area contributed by atoms with Crippen LogP contribution in [0.5, 0.6) is 0 Å². The Hall–Kier alpha value is -0.120. The number of rotatable bonds is 3. The van der Waals surface area contributed by atoms with Crippen LogP contribution in [0, 0.1) is 0 Å². The van der Waals surface area contributed by atoms with Crippen molar-refractivity contribution in [2.75, 3.05) is 13.6 Å². The van der Waals surface area contributed by atoms with Gasteiger partial charge in [0.05, 0.1) is 0 Å². The van der Waals surface area contributed by atoms with Gasteiger partial charge in [0.2, 0.25) is 0 Å². The van der Waals surface area contributed by atoms with Gasteiger partial charge in [-0.2, -0.15) is 0 Å². The van der Waals surface area contributed by atoms with E-state index in [0.717, 1.165) is 0 Å². The zero-order valence-electron chi connectivity index (χ0n) is 6.20. The van der Waals surface area contributed by atoms with Gasteiger partial charge in [-0.3, -0.25) is 4.90 Å². The maximum atomic E-state index is 8.49. The Kier molecular flexibility index (Phi) is 3.77. The van der Waals surface area contributed by atoms with E-state index in [4.69, 9.17) is 10.2 Å². The van der Waals surface area contributed by atoms with Crippen molar-refractivity contribution in [2.24, 2.45) is 0 Å². The Labute approximate surface area is 55.9 Å². The maximum Gasteiger partial charge on any atom is 0.164 e. The molecule has 0 heterocycles. The van der Waals surface area contributed by atoms with Crippen molar-refractivity contribution in [3.63, 3.8) is 0 Å². The maximum absolute atomic E-state index is 8.49. The van der Waals surface area contributed by atoms with Gasteiger partial charge in [0.25, 0.3) is 0 Å². The summed E-state index contributed by atoms with van der Waals surface area (Å²) in [5.74, 6) is 0. The molecule has 0 saturated carbocycles. The molecule has 0 aliphatic rings. The number of nitrogens with zero attached hydrogens (tertiary/aromatic N) is 1. The van der Waals surface area contributed by atoms with Crippen LogP contribution in [0.3, 0.4) is 0 Å². The second-order valence-corrected chi connectivity index (χ2v) is 2.51. The summed E-state index contributed by atoms with van der Waals surface area (Å²) in [7, 11) is 1.85. The Balaban J connectivity index is 3.38. The third-order valence-corrected chi connectivity index (χ3v) is 1.33. The molecule has 9 heavy (non-hydrogen) atoms. The van der Waals surface area contributed by atoms with Crippen LogP contribution in [0.25, 0.3) is 0 Å². The molecule has 0 aliphatic carbocycles. The van der Waals surface area contributed by atoms with Crippen LogP contribution in [0.1, 0.15) is 13.8 Å². The minimum absolute atomic E-state index is 0.317. The van der Waals surface area contributed by atoms with Gasteiger partial charge < -0.3 is 10.2 Å². The van der Waals surface area contributed by atoms with E-state index < -0.39 is 6.29 Å². The molecular weight excluding hydrogens is 118 g/mol. The summed E-state index contributed by atoms with van der Waals surface area (Å²) in [6, 6.07) is 0.367. The molecular formula is C6H15NO2. The lowest BCUT2D eigenvalue weighted by molar-refractivity contribution is -0.0613. The van der Waals surface area contributed by atoms with Gasteiger partial charge in [-0.25, -0.2) is 0 Å². The number of likely N-dealkylation sites (N-methyl/N-ethyl adjacent to an activating group) is 1. The minimum atomic E-state index is -1.21. The van der Waals surface area contributed by atoms with Gasteiger partial charge in [0, 0.05) is 12.6 Å². The SMILES string of the molecule is CC(C)N(C)CC(O)O. The Morgan fingerprint density at radius 1 is 1.33 bits per heavy atom. The summed E-state index contributed by atoms with van der Waals surface area (Å²) in [6.45, 7) is 4.32. The van der Waals surface area contributed by atoms with Gasteiger partial charge in [0.1, 0.15) is 0 Å². The fourth-order valence-corrected chi connectivity index (χ4v) is 0.468. The third kappa shape index (κ3) is 4.39. The van der Waals surface area contributed by atoms with Crippen molar-refractivity contribution in [1.29, 1.82) is 0 Å². The lowest BCUT2D eigenvalue weighted by Gasteiger charge is -2.21. The van der Waals surface area contributed by atoms with Gasteiger partial charge in [0.15, 0.2) is 6.29 Å². The number of aliphatic hydroxyl groups excluding tert-OH is 1. The average Bonchev–Trinajstić information content (AvgIpc) is 1.63. The topological polar surface area (TPSA) is 43.7 Å². The molecule has 0 aromatic carbocycles. The second kappa shape index (κ2) is 3.82. The number of hydrogen-bond acceptors (Lipinski definition) is 3. The van der Waals surface area contributed by atoms with E-state index in [0.29, 0.717) is 12.6 Å². The molecule has 0 saturated heterocycles. The molecule has 0 aliphatic heterocycles. The summed E-state index contributed by atoms with van der Waals surface area (Å²) in [6.07, 6.45) is -1.21. The number of aliphatic hydroxyl groups is 2. The van der Waals surface area contributed by atoms with E-state index in [1.807, 2.05) is 25.8 Å². The van der Waals surface area contributed by atoms with Crippen LogP contribution >= 0.6 is 0 Å². The summed E-state index contributed by atoms with van der Waals surface area (Å²) >= 11 is 0. The standard InChI is InChI=1S/C6H15NO2/c1-5(2)7(3)4-6(8)9/h5-6,8-9H,4H2,1-3H3. The monoisotopic (exact) mass is 133 g/mol. The average molecular weight is 133 g/mol. The molecule has 0 atom stereocenters. The van der Waals surface area contributed by atoms with Gasteiger partial charge in [-0.15, -0.1) is 0 Å². The van der Waals surface area contributed by atoms with E-state index in [-0.39, 0.29) is 0 Å². The Morgan fingerprint density at radius 2 is 1.78 bits per heavy atom. The van der Waals surface area contributed by atoms with Crippen LogP contribution in [-0.4, -0.2) is 41.0 Å². The van der Waals surface area contributed by atoms with Crippen molar-refractivity contribution >= 4 is 0 Å². The molecule has 0 rings (SSSR count). The smallest absolute Gasteiger partial charge is 0.164 e. The first kappa shape index (κ1) is 8.88. The molecule has 0 aromatic rings. The molecule has 0 spiro atoms. The summed E-state index contributed by atoms with van der Waals surface area (Å²) in [5, 5.41) is 17.0. The molecule has 0 amide bonds. The van der Waals surface area contributed by atoms with E-state index >= 15 is 0 Å².